The summed E-state index contributed by atoms with van der Waals surface area (Å²) in [5.41, 5.74) is 16.0. The summed E-state index contributed by atoms with van der Waals surface area (Å²) >= 11 is 1.72. The average molecular weight is 490 g/mol. The molecule has 1 atom stereocenters. The van der Waals surface area contributed by atoms with Crippen molar-refractivity contribution in [3.05, 3.63) is 75.2 Å². The van der Waals surface area contributed by atoms with E-state index in [4.69, 9.17) is 16.5 Å². The van der Waals surface area contributed by atoms with Crippen LogP contribution in [0.15, 0.2) is 48.5 Å². The molecule has 3 aromatic rings. The van der Waals surface area contributed by atoms with Gasteiger partial charge in [-0.25, -0.2) is 4.98 Å². The molecule has 5 rings (SSSR count). The van der Waals surface area contributed by atoms with Crippen LogP contribution in [0.3, 0.4) is 0 Å². The lowest BCUT2D eigenvalue weighted by molar-refractivity contribution is -0.134. The largest absolute Gasteiger partial charge is 0.397 e. The van der Waals surface area contributed by atoms with Gasteiger partial charge in [0, 0.05) is 28.8 Å². The van der Waals surface area contributed by atoms with Crippen molar-refractivity contribution < 1.29 is 9.59 Å². The van der Waals surface area contributed by atoms with Crippen LogP contribution in [0.4, 0.5) is 11.4 Å². The van der Waals surface area contributed by atoms with Gasteiger partial charge in [-0.3, -0.25) is 9.59 Å². The molecule has 7 nitrogen and oxygen atoms in total. The van der Waals surface area contributed by atoms with Crippen LogP contribution in [0.5, 0.6) is 0 Å². The molecule has 35 heavy (non-hydrogen) atoms. The predicted molar refractivity (Wildman–Crippen MR) is 139 cm³/mol. The fourth-order valence-electron chi connectivity index (χ4n) is 4.58. The Balaban J connectivity index is 1.31. The van der Waals surface area contributed by atoms with Crippen molar-refractivity contribution >= 4 is 34.5 Å². The van der Waals surface area contributed by atoms with E-state index in [9.17, 15) is 9.59 Å². The highest BCUT2D eigenvalue weighted by Gasteiger charge is 2.49. The second-order valence-electron chi connectivity index (χ2n) is 9.87. The lowest BCUT2D eigenvalue weighted by atomic mass is 9.95. The second kappa shape index (κ2) is 9.09. The van der Waals surface area contributed by atoms with Gasteiger partial charge in [-0.1, -0.05) is 38.1 Å². The van der Waals surface area contributed by atoms with Crippen molar-refractivity contribution in [1.29, 1.82) is 0 Å². The zero-order chi connectivity index (χ0) is 24.7. The van der Waals surface area contributed by atoms with E-state index in [0.717, 1.165) is 30.0 Å². The number of para-hydroxylation sites is 2. The summed E-state index contributed by atoms with van der Waals surface area (Å²) in [7, 11) is 0. The fourth-order valence-corrected chi connectivity index (χ4v) is 5.97. The highest BCUT2D eigenvalue weighted by atomic mass is 32.1. The van der Waals surface area contributed by atoms with Gasteiger partial charge in [-0.15, -0.1) is 11.3 Å². The van der Waals surface area contributed by atoms with E-state index in [0.29, 0.717) is 30.0 Å². The van der Waals surface area contributed by atoms with Crippen LogP contribution in [0.25, 0.3) is 0 Å². The van der Waals surface area contributed by atoms with E-state index < -0.39 is 6.04 Å². The number of nitrogens with two attached hydrogens (primary N) is 2. The summed E-state index contributed by atoms with van der Waals surface area (Å²) in [6.45, 7) is 5.21. The SMILES string of the molecule is CC(C)C(N)C(=O)N1CCc2nc(C3(c4ccc(C(=O)Nc5ccccc5N)cc4)CC3)sc2C1. The number of nitrogens with zero attached hydrogens (tertiary/aromatic N) is 2. The molecular formula is C27H31N5O2S. The van der Waals surface area contributed by atoms with Crippen LogP contribution >= 0.6 is 11.3 Å². The first-order valence-electron chi connectivity index (χ1n) is 12.1. The van der Waals surface area contributed by atoms with Gasteiger partial charge in [0.2, 0.25) is 5.91 Å². The van der Waals surface area contributed by atoms with Crippen molar-refractivity contribution in [2.45, 2.75) is 51.1 Å². The van der Waals surface area contributed by atoms with Crippen LogP contribution < -0.4 is 16.8 Å². The number of hydrogen-bond acceptors (Lipinski definition) is 6. The molecule has 2 amide bonds. The third-order valence-corrected chi connectivity index (χ3v) is 8.40. The number of carbonyl (C=O) groups excluding carboxylic acids is 2. The molecule has 1 unspecified atom stereocenters. The third kappa shape index (κ3) is 4.44. The molecule has 1 aliphatic carbocycles. The first kappa shape index (κ1) is 23.5. The number of nitrogens with one attached hydrogen (secondary N) is 1. The number of rotatable bonds is 6. The van der Waals surface area contributed by atoms with Gasteiger partial charge in [-0.2, -0.15) is 0 Å². The summed E-state index contributed by atoms with van der Waals surface area (Å²) in [6, 6.07) is 14.6. The first-order valence-corrected chi connectivity index (χ1v) is 12.9. The van der Waals surface area contributed by atoms with Gasteiger partial charge >= 0.3 is 0 Å². The third-order valence-electron chi connectivity index (χ3n) is 7.11. The maximum absolute atomic E-state index is 12.8. The molecule has 2 aromatic carbocycles. The smallest absolute Gasteiger partial charge is 0.255 e. The highest BCUT2D eigenvalue weighted by molar-refractivity contribution is 7.12. The normalized spacial score (nSPS) is 17.1. The van der Waals surface area contributed by atoms with Crippen LogP contribution in [-0.2, 0) is 23.2 Å². The van der Waals surface area contributed by atoms with E-state index in [1.54, 1.807) is 23.5 Å². The second-order valence-corrected chi connectivity index (χ2v) is 11.0. The van der Waals surface area contributed by atoms with Gasteiger partial charge < -0.3 is 21.7 Å². The molecular weight excluding hydrogens is 458 g/mol. The lowest BCUT2D eigenvalue weighted by Gasteiger charge is -2.29. The standard InChI is InChI=1S/C27H31N5O2S/c1-16(2)23(29)25(34)32-14-11-21-22(15-32)35-26(31-21)27(12-13-27)18-9-7-17(8-10-18)24(33)30-20-6-4-3-5-19(20)28/h3-10,16,23H,11-15,28-29H2,1-2H3,(H,30,33). The van der Waals surface area contributed by atoms with Gasteiger partial charge in [0.25, 0.3) is 5.91 Å². The molecule has 0 bridgehead atoms. The Morgan fingerprint density at radius 1 is 1.11 bits per heavy atom. The molecule has 1 fully saturated rings. The van der Waals surface area contributed by atoms with E-state index in [1.165, 1.54) is 10.4 Å². The number of aromatic nitrogens is 1. The number of anilines is 2. The Hall–Kier alpha value is -3.23. The molecule has 2 heterocycles. The zero-order valence-corrected chi connectivity index (χ0v) is 20.9. The monoisotopic (exact) mass is 489 g/mol. The Labute approximate surface area is 209 Å². The zero-order valence-electron chi connectivity index (χ0n) is 20.1. The van der Waals surface area contributed by atoms with Crippen molar-refractivity contribution in [2.24, 2.45) is 11.7 Å². The van der Waals surface area contributed by atoms with Crippen LogP contribution in [0.1, 0.15) is 58.2 Å². The van der Waals surface area contributed by atoms with Crippen molar-refractivity contribution in [2.75, 3.05) is 17.6 Å². The van der Waals surface area contributed by atoms with Crippen LogP contribution in [-0.4, -0.2) is 34.3 Å². The Morgan fingerprint density at radius 3 is 2.49 bits per heavy atom. The predicted octanol–water partition coefficient (Wildman–Crippen LogP) is 3.93. The van der Waals surface area contributed by atoms with Gasteiger partial charge in [-0.05, 0) is 48.6 Å². The van der Waals surface area contributed by atoms with Gasteiger partial charge in [0.15, 0.2) is 0 Å². The maximum Gasteiger partial charge on any atom is 0.255 e. The number of hydrogen-bond donors (Lipinski definition) is 3. The summed E-state index contributed by atoms with van der Waals surface area (Å²) in [6.07, 6.45) is 2.83. The number of nitrogen functional groups attached to an aromatic ring is 1. The van der Waals surface area contributed by atoms with Crippen molar-refractivity contribution in [3.8, 4) is 0 Å². The summed E-state index contributed by atoms with van der Waals surface area (Å²) < 4.78 is 0. The van der Waals surface area contributed by atoms with Crippen LogP contribution in [0, 0.1) is 5.92 Å². The quantitative estimate of drug-likeness (QED) is 0.454. The average Bonchev–Trinajstić information content (AvgIpc) is 3.56. The Bertz CT molecular complexity index is 1260. The highest BCUT2D eigenvalue weighted by Crippen LogP contribution is 2.55. The Morgan fingerprint density at radius 2 is 1.83 bits per heavy atom. The molecule has 2 aliphatic rings. The number of fused-ring (bicyclic) bond motifs is 1. The number of carbonyl (C=O) groups is 2. The van der Waals surface area contributed by atoms with E-state index >= 15 is 0 Å². The minimum Gasteiger partial charge on any atom is -0.397 e. The molecule has 0 saturated heterocycles. The van der Waals surface area contributed by atoms with Gasteiger partial charge in [0.05, 0.1) is 29.7 Å². The fraction of sp³-hybridized carbons (Fsp3) is 0.370. The molecule has 5 N–H and O–H groups in total. The number of benzene rings is 2. The maximum atomic E-state index is 12.8. The number of thiazole rings is 1. The molecule has 0 radical (unpaired) electrons. The molecule has 1 aromatic heterocycles. The van der Waals surface area contributed by atoms with Crippen LogP contribution in [0.2, 0.25) is 0 Å². The van der Waals surface area contributed by atoms with E-state index in [2.05, 4.69) is 5.32 Å². The Kier molecular flexibility index (Phi) is 6.11. The van der Waals surface area contributed by atoms with E-state index in [-0.39, 0.29) is 23.1 Å². The van der Waals surface area contributed by atoms with Gasteiger partial charge in [0.1, 0.15) is 5.01 Å². The summed E-state index contributed by atoms with van der Waals surface area (Å²) in [5, 5.41) is 3.99. The molecule has 8 heteroatoms. The molecule has 1 aliphatic heterocycles. The van der Waals surface area contributed by atoms with Crippen molar-refractivity contribution in [3.63, 3.8) is 0 Å². The minimum atomic E-state index is -0.465. The molecule has 0 spiro atoms. The van der Waals surface area contributed by atoms with Crippen molar-refractivity contribution in [1.82, 2.24) is 9.88 Å². The molecule has 1 saturated carbocycles. The number of amides is 2. The topological polar surface area (TPSA) is 114 Å². The summed E-state index contributed by atoms with van der Waals surface area (Å²) in [4.78, 5) is 33.5. The minimum absolute atomic E-state index is 0.0212. The lowest BCUT2D eigenvalue weighted by Crippen LogP contribution is -2.47. The molecule has 182 valence electrons. The first-order chi connectivity index (χ1) is 16.8. The summed E-state index contributed by atoms with van der Waals surface area (Å²) in [5.74, 6) is -0.0491. The van der Waals surface area contributed by atoms with E-state index in [1.807, 2.05) is 55.1 Å².